The highest BCUT2D eigenvalue weighted by Gasteiger charge is 2.23. The highest BCUT2D eigenvalue weighted by Crippen LogP contribution is 2.18. The lowest BCUT2D eigenvalue weighted by Gasteiger charge is -2.23. The predicted molar refractivity (Wildman–Crippen MR) is 111 cm³/mol. The lowest BCUT2D eigenvalue weighted by molar-refractivity contribution is 0.0767. The van der Waals surface area contributed by atoms with Crippen molar-refractivity contribution >= 4 is 27.4 Å². The molecule has 0 saturated carbocycles. The fraction of sp³-hybridized carbons (Fsp3) is 0.368. The minimum atomic E-state index is -3.52. The summed E-state index contributed by atoms with van der Waals surface area (Å²) in [6, 6.07) is 9.87. The molecule has 11 heteroatoms. The molecule has 0 bridgehead atoms. The Kier molecular flexibility index (Phi) is 5.39. The minimum Gasteiger partial charge on any atom is -0.353 e. The summed E-state index contributed by atoms with van der Waals surface area (Å²) in [6.45, 7) is 2.62. The Morgan fingerprint density at radius 2 is 1.77 bits per heavy atom. The first-order chi connectivity index (χ1) is 14.4. The molecule has 10 nitrogen and oxygen atoms in total. The second kappa shape index (κ2) is 8.00. The number of carbonyl (C=O) groups excluding carboxylic acids is 1. The Morgan fingerprint density at radius 1 is 1.00 bits per heavy atom. The molecule has 0 N–H and O–H groups in total. The second-order valence-electron chi connectivity index (χ2n) is 7.27. The third-order valence-electron chi connectivity index (χ3n) is 5.13. The van der Waals surface area contributed by atoms with Crippen LogP contribution in [-0.4, -0.2) is 83.6 Å². The molecular weight excluding hydrogens is 406 g/mol. The van der Waals surface area contributed by atoms with E-state index < -0.39 is 10.0 Å². The van der Waals surface area contributed by atoms with Crippen molar-refractivity contribution in [1.82, 2.24) is 29.0 Å². The van der Waals surface area contributed by atoms with E-state index in [4.69, 9.17) is 0 Å². The van der Waals surface area contributed by atoms with E-state index in [-0.39, 0.29) is 10.8 Å². The Morgan fingerprint density at radius 3 is 2.50 bits per heavy atom. The summed E-state index contributed by atoms with van der Waals surface area (Å²) in [7, 11) is -0.557. The van der Waals surface area contributed by atoms with Crippen molar-refractivity contribution in [3.05, 3.63) is 48.3 Å². The van der Waals surface area contributed by atoms with Gasteiger partial charge in [0.05, 0.1) is 4.90 Å². The number of hydrogen-bond donors (Lipinski definition) is 0. The zero-order valence-corrected chi connectivity index (χ0v) is 17.7. The summed E-state index contributed by atoms with van der Waals surface area (Å²) in [4.78, 5) is 17.0. The van der Waals surface area contributed by atoms with Crippen LogP contribution in [0.25, 0.3) is 5.65 Å². The summed E-state index contributed by atoms with van der Waals surface area (Å²) in [5.41, 5.74) is 1.16. The quantitative estimate of drug-likeness (QED) is 0.602. The molecule has 4 rings (SSSR count). The first kappa shape index (κ1) is 20.2. The Labute approximate surface area is 174 Å². The number of anilines is 1. The van der Waals surface area contributed by atoms with Gasteiger partial charge in [0.15, 0.2) is 5.65 Å². The lowest BCUT2D eigenvalue weighted by Crippen LogP contribution is -2.35. The smallest absolute Gasteiger partial charge is 0.253 e. The second-order valence-corrected chi connectivity index (χ2v) is 9.42. The maximum absolute atomic E-state index is 12.9. The Bertz CT molecular complexity index is 1160. The van der Waals surface area contributed by atoms with Crippen molar-refractivity contribution in [2.75, 3.05) is 45.2 Å². The van der Waals surface area contributed by atoms with E-state index in [0.29, 0.717) is 30.8 Å². The van der Waals surface area contributed by atoms with Gasteiger partial charge >= 0.3 is 0 Å². The Hall–Kier alpha value is -3.05. The molecule has 1 aromatic carbocycles. The van der Waals surface area contributed by atoms with Crippen LogP contribution >= 0.6 is 0 Å². The zero-order valence-electron chi connectivity index (χ0n) is 16.8. The molecule has 1 amide bonds. The van der Waals surface area contributed by atoms with Gasteiger partial charge < -0.3 is 9.80 Å². The largest absolute Gasteiger partial charge is 0.353 e. The third-order valence-corrected chi connectivity index (χ3v) is 6.96. The molecule has 30 heavy (non-hydrogen) atoms. The van der Waals surface area contributed by atoms with Crippen LogP contribution in [0.15, 0.2) is 47.6 Å². The van der Waals surface area contributed by atoms with Crippen molar-refractivity contribution in [2.24, 2.45) is 0 Å². The summed E-state index contributed by atoms with van der Waals surface area (Å²) >= 11 is 0. The molecule has 2 aromatic heterocycles. The highest BCUT2D eigenvalue weighted by atomic mass is 32.2. The zero-order chi connectivity index (χ0) is 21.3. The van der Waals surface area contributed by atoms with Gasteiger partial charge in [-0.3, -0.25) is 4.79 Å². The molecule has 158 valence electrons. The van der Waals surface area contributed by atoms with E-state index in [1.807, 2.05) is 12.1 Å². The number of nitrogens with zero attached hydrogens (tertiary/aromatic N) is 7. The molecular formula is C19H23N7O3S. The van der Waals surface area contributed by atoms with Crippen molar-refractivity contribution in [3.8, 4) is 0 Å². The molecule has 3 aromatic rings. The summed E-state index contributed by atoms with van der Waals surface area (Å²) < 4.78 is 27.2. The maximum Gasteiger partial charge on any atom is 0.253 e. The first-order valence-corrected chi connectivity index (χ1v) is 11.0. The molecule has 1 saturated heterocycles. The minimum absolute atomic E-state index is 0.104. The summed E-state index contributed by atoms with van der Waals surface area (Å²) in [5, 5.41) is 12.3. The van der Waals surface area contributed by atoms with Gasteiger partial charge in [0.25, 0.3) is 5.91 Å². The molecule has 0 spiro atoms. The van der Waals surface area contributed by atoms with Crippen molar-refractivity contribution in [2.45, 2.75) is 11.3 Å². The third kappa shape index (κ3) is 3.85. The van der Waals surface area contributed by atoms with Crippen LogP contribution in [0.5, 0.6) is 0 Å². The average Bonchev–Trinajstić information content (AvgIpc) is 3.08. The number of hydrogen-bond acceptors (Lipinski definition) is 7. The van der Waals surface area contributed by atoms with Crippen LogP contribution in [0, 0.1) is 0 Å². The van der Waals surface area contributed by atoms with Crippen LogP contribution in [0.2, 0.25) is 0 Å². The van der Waals surface area contributed by atoms with Gasteiger partial charge in [0, 0.05) is 45.8 Å². The lowest BCUT2D eigenvalue weighted by atomic mass is 10.2. The fourth-order valence-corrected chi connectivity index (χ4v) is 4.30. The number of benzene rings is 1. The average molecular weight is 430 g/mol. The van der Waals surface area contributed by atoms with Crippen LogP contribution in [0.3, 0.4) is 0 Å². The number of rotatable bonds is 4. The number of fused-ring (bicyclic) bond motifs is 1. The van der Waals surface area contributed by atoms with Crippen LogP contribution in [0.4, 0.5) is 5.82 Å². The molecule has 0 aliphatic carbocycles. The molecule has 1 fully saturated rings. The van der Waals surface area contributed by atoms with Gasteiger partial charge in [-0.15, -0.1) is 15.3 Å². The molecule has 0 radical (unpaired) electrons. The standard InChI is InChI=1S/C19H23N7O3S/c1-23(2)30(28,29)16-6-4-15(5-7-16)19(27)25-11-3-10-24(12-13-25)18-9-8-17-21-20-14-26(17)22-18/h4-9,14H,3,10-13H2,1-2H3. The molecule has 1 aliphatic heterocycles. The Balaban J connectivity index is 1.45. The van der Waals surface area contributed by atoms with Crippen molar-refractivity contribution < 1.29 is 13.2 Å². The van der Waals surface area contributed by atoms with Gasteiger partial charge in [-0.25, -0.2) is 12.7 Å². The molecule has 3 heterocycles. The van der Waals surface area contributed by atoms with Crippen LogP contribution < -0.4 is 4.90 Å². The van der Waals surface area contributed by atoms with Gasteiger partial charge in [-0.2, -0.15) is 4.52 Å². The molecule has 0 unspecified atom stereocenters. The topological polar surface area (TPSA) is 104 Å². The van der Waals surface area contributed by atoms with E-state index in [1.165, 1.54) is 26.2 Å². The highest BCUT2D eigenvalue weighted by molar-refractivity contribution is 7.89. The van der Waals surface area contributed by atoms with Crippen molar-refractivity contribution in [1.29, 1.82) is 0 Å². The van der Waals surface area contributed by atoms with Gasteiger partial charge in [-0.1, -0.05) is 0 Å². The number of aromatic nitrogens is 4. The molecule has 1 aliphatic rings. The fourth-order valence-electron chi connectivity index (χ4n) is 3.40. The maximum atomic E-state index is 12.9. The SMILES string of the molecule is CN(C)S(=O)(=O)c1ccc(C(=O)N2CCCN(c3ccc4nncn4n3)CC2)cc1. The van der Waals surface area contributed by atoms with Gasteiger partial charge in [0.2, 0.25) is 10.0 Å². The van der Waals surface area contributed by atoms with Crippen LogP contribution in [-0.2, 0) is 10.0 Å². The van der Waals surface area contributed by atoms with E-state index in [1.54, 1.807) is 27.9 Å². The van der Waals surface area contributed by atoms with E-state index in [9.17, 15) is 13.2 Å². The van der Waals surface area contributed by atoms with Crippen LogP contribution in [0.1, 0.15) is 16.8 Å². The molecule has 0 atom stereocenters. The number of sulfonamides is 1. The van der Waals surface area contributed by atoms with Gasteiger partial charge in [-0.05, 0) is 42.8 Å². The van der Waals surface area contributed by atoms with E-state index in [0.717, 1.165) is 23.1 Å². The number of carbonyl (C=O) groups is 1. The summed E-state index contributed by atoms with van der Waals surface area (Å²) in [5.74, 6) is 0.711. The van der Waals surface area contributed by atoms with E-state index >= 15 is 0 Å². The normalized spacial score (nSPS) is 15.6. The monoisotopic (exact) mass is 429 g/mol. The van der Waals surface area contributed by atoms with Gasteiger partial charge in [0.1, 0.15) is 12.1 Å². The number of amides is 1. The predicted octanol–water partition coefficient (Wildman–Crippen LogP) is 0.727. The van der Waals surface area contributed by atoms with Crippen molar-refractivity contribution in [3.63, 3.8) is 0 Å². The van der Waals surface area contributed by atoms with E-state index in [2.05, 4.69) is 20.2 Å². The first-order valence-electron chi connectivity index (χ1n) is 9.60. The summed E-state index contributed by atoms with van der Waals surface area (Å²) in [6.07, 6.45) is 2.37.